The maximum Gasteiger partial charge on any atom is 0.234 e. The second-order valence-corrected chi connectivity index (χ2v) is 6.46. The molecular formula is C12H13ClN2OS2. The zero-order chi connectivity index (χ0) is 13.0. The molecule has 0 aliphatic carbocycles. The molecule has 96 valence electrons. The Hall–Kier alpha value is -0.650. The number of anilines is 1. The van der Waals surface area contributed by atoms with Crippen LogP contribution < -0.4 is 5.32 Å². The van der Waals surface area contributed by atoms with E-state index in [0.717, 1.165) is 27.9 Å². The van der Waals surface area contributed by atoms with E-state index in [0.29, 0.717) is 10.8 Å². The molecule has 1 N–H and O–H groups in total. The number of halogens is 1. The van der Waals surface area contributed by atoms with Crippen molar-refractivity contribution in [2.75, 3.05) is 23.4 Å². The van der Waals surface area contributed by atoms with Gasteiger partial charge in [-0.05, 0) is 24.6 Å². The van der Waals surface area contributed by atoms with Gasteiger partial charge in [-0.2, -0.15) is 0 Å². The van der Waals surface area contributed by atoms with Gasteiger partial charge >= 0.3 is 0 Å². The molecule has 1 aromatic rings. The summed E-state index contributed by atoms with van der Waals surface area (Å²) in [5, 5.41) is 3.53. The lowest BCUT2D eigenvalue weighted by Crippen LogP contribution is -2.15. The molecule has 0 aromatic heterocycles. The van der Waals surface area contributed by atoms with Crippen molar-refractivity contribution in [3.05, 3.63) is 28.8 Å². The van der Waals surface area contributed by atoms with Gasteiger partial charge in [-0.1, -0.05) is 41.2 Å². The van der Waals surface area contributed by atoms with Gasteiger partial charge in [0.1, 0.15) is 4.38 Å². The van der Waals surface area contributed by atoms with Crippen LogP contribution in [0.4, 0.5) is 5.69 Å². The number of nitrogens with zero attached hydrogens (tertiary/aromatic N) is 1. The van der Waals surface area contributed by atoms with Crippen LogP contribution in [0.25, 0.3) is 0 Å². The Bertz CT molecular complexity index is 491. The summed E-state index contributed by atoms with van der Waals surface area (Å²) in [7, 11) is 0. The largest absolute Gasteiger partial charge is 0.325 e. The first kappa shape index (κ1) is 13.8. The number of carbonyl (C=O) groups is 1. The molecule has 1 aliphatic heterocycles. The Morgan fingerprint density at radius 2 is 2.44 bits per heavy atom. The molecule has 0 radical (unpaired) electrons. The van der Waals surface area contributed by atoms with Crippen molar-refractivity contribution in [1.29, 1.82) is 0 Å². The molecule has 3 nitrogen and oxygen atoms in total. The van der Waals surface area contributed by atoms with Crippen molar-refractivity contribution in [3.63, 3.8) is 0 Å². The van der Waals surface area contributed by atoms with Gasteiger partial charge in [-0.15, -0.1) is 0 Å². The van der Waals surface area contributed by atoms with E-state index in [-0.39, 0.29) is 5.91 Å². The third-order valence-corrected chi connectivity index (χ3v) is 5.09. The summed E-state index contributed by atoms with van der Waals surface area (Å²) in [6, 6.07) is 5.49. The molecule has 0 atom stereocenters. The predicted octanol–water partition coefficient (Wildman–Crippen LogP) is 3.42. The first-order valence-corrected chi connectivity index (χ1v) is 7.87. The van der Waals surface area contributed by atoms with E-state index in [1.54, 1.807) is 11.8 Å². The second-order valence-electron chi connectivity index (χ2n) is 3.75. The van der Waals surface area contributed by atoms with Crippen LogP contribution in [0.3, 0.4) is 0 Å². The van der Waals surface area contributed by atoms with E-state index in [2.05, 4.69) is 10.3 Å². The lowest BCUT2D eigenvalue weighted by molar-refractivity contribution is -0.113. The minimum atomic E-state index is -0.0273. The molecular weight excluding hydrogens is 288 g/mol. The fourth-order valence-electron chi connectivity index (χ4n) is 1.46. The van der Waals surface area contributed by atoms with Crippen molar-refractivity contribution < 1.29 is 4.79 Å². The van der Waals surface area contributed by atoms with Crippen LogP contribution in [-0.2, 0) is 4.79 Å². The zero-order valence-electron chi connectivity index (χ0n) is 9.90. The molecule has 1 aliphatic rings. The summed E-state index contributed by atoms with van der Waals surface area (Å²) in [6.45, 7) is 2.75. The van der Waals surface area contributed by atoms with Crippen LogP contribution in [0, 0.1) is 6.92 Å². The Balaban J connectivity index is 1.88. The van der Waals surface area contributed by atoms with Crippen LogP contribution in [0.1, 0.15) is 5.56 Å². The normalized spacial score (nSPS) is 14.4. The van der Waals surface area contributed by atoms with Crippen LogP contribution in [0.5, 0.6) is 0 Å². The van der Waals surface area contributed by atoms with Crippen LogP contribution >= 0.6 is 35.1 Å². The first-order valence-electron chi connectivity index (χ1n) is 5.52. The van der Waals surface area contributed by atoms with E-state index in [4.69, 9.17) is 11.6 Å². The molecule has 0 spiro atoms. The molecule has 0 saturated heterocycles. The van der Waals surface area contributed by atoms with Gasteiger partial charge in [0.15, 0.2) is 0 Å². The number of hydrogen-bond donors (Lipinski definition) is 1. The highest BCUT2D eigenvalue weighted by atomic mass is 35.5. The summed E-state index contributed by atoms with van der Waals surface area (Å²) in [4.78, 5) is 16.1. The number of benzene rings is 1. The molecule has 0 saturated carbocycles. The van der Waals surface area contributed by atoms with Gasteiger partial charge in [0.25, 0.3) is 0 Å². The highest BCUT2D eigenvalue weighted by Crippen LogP contribution is 2.24. The van der Waals surface area contributed by atoms with E-state index >= 15 is 0 Å². The summed E-state index contributed by atoms with van der Waals surface area (Å²) in [5.74, 6) is 1.38. The summed E-state index contributed by atoms with van der Waals surface area (Å²) >= 11 is 9.20. The quantitative estimate of drug-likeness (QED) is 0.930. The monoisotopic (exact) mass is 300 g/mol. The van der Waals surface area contributed by atoms with Crippen molar-refractivity contribution >= 4 is 51.1 Å². The maximum atomic E-state index is 11.8. The summed E-state index contributed by atoms with van der Waals surface area (Å²) < 4.78 is 1.01. The summed E-state index contributed by atoms with van der Waals surface area (Å²) in [6.07, 6.45) is 0. The Morgan fingerprint density at radius 3 is 3.17 bits per heavy atom. The smallest absolute Gasteiger partial charge is 0.234 e. The molecule has 0 fully saturated rings. The topological polar surface area (TPSA) is 41.5 Å². The average Bonchev–Trinajstić information content (AvgIpc) is 2.86. The van der Waals surface area contributed by atoms with E-state index in [1.807, 2.05) is 25.1 Å². The molecule has 1 aromatic carbocycles. The van der Waals surface area contributed by atoms with E-state index in [9.17, 15) is 4.79 Å². The van der Waals surface area contributed by atoms with Crippen molar-refractivity contribution in [3.8, 4) is 0 Å². The van der Waals surface area contributed by atoms with Crippen LogP contribution in [0.2, 0.25) is 5.02 Å². The van der Waals surface area contributed by atoms with Gasteiger partial charge < -0.3 is 5.32 Å². The minimum Gasteiger partial charge on any atom is -0.325 e. The van der Waals surface area contributed by atoms with Gasteiger partial charge in [0, 0.05) is 16.5 Å². The van der Waals surface area contributed by atoms with Crippen LogP contribution in [-0.4, -0.2) is 28.3 Å². The third kappa shape index (κ3) is 3.67. The van der Waals surface area contributed by atoms with Crippen molar-refractivity contribution in [2.24, 2.45) is 4.99 Å². The van der Waals surface area contributed by atoms with Crippen molar-refractivity contribution in [2.45, 2.75) is 6.92 Å². The standard InChI is InChI=1S/C12H13ClN2OS2/c1-8-9(13)3-2-4-10(8)15-11(16)7-18-12-14-5-6-17-12/h2-4H,5-7H2,1H3,(H,15,16). The number of nitrogens with one attached hydrogen (secondary N) is 1. The number of thioether (sulfide) groups is 2. The molecule has 1 amide bonds. The number of rotatable bonds is 3. The molecule has 0 unspecified atom stereocenters. The predicted molar refractivity (Wildman–Crippen MR) is 82.0 cm³/mol. The molecule has 18 heavy (non-hydrogen) atoms. The van der Waals surface area contributed by atoms with Gasteiger partial charge in [0.2, 0.25) is 5.91 Å². The minimum absolute atomic E-state index is 0.0273. The average molecular weight is 301 g/mol. The Kier molecular flexibility index (Phi) is 4.97. The molecule has 2 rings (SSSR count). The lowest BCUT2D eigenvalue weighted by Gasteiger charge is -2.09. The number of carbonyl (C=O) groups excluding carboxylic acids is 1. The molecule has 6 heteroatoms. The highest BCUT2D eigenvalue weighted by Gasteiger charge is 2.11. The zero-order valence-corrected chi connectivity index (χ0v) is 12.3. The van der Waals surface area contributed by atoms with Gasteiger partial charge in [0.05, 0.1) is 12.3 Å². The number of hydrogen-bond acceptors (Lipinski definition) is 4. The fraction of sp³-hybridized carbons (Fsp3) is 0.333. The van der Waals surface area contributed by atoms with E-state index in [1.165, 1.54) is 11.8 Å². The van der Waals surface area contributed by atoms with Gasteiger partial charge in [-0.3, -0.25) is 9.79 Å². The summed E-state index contributed by atoms with van der Waals surface area (Å²) in [5.41, 5.74) is 1.67. The number of amides is 1. The van der Waals surface area contributed by atoms with Crippen LogP contribution in [0.15, 0.2) is 23.2 Å². The Morgan fingerprint density at radius 1 is 1.61 bits per heavy atom. The lowest BCUT2D eigenvalue weighted by atomic mass is 10.2. The first-order chi connectivity index (χ1) is 8.66. The van der Waals surface area contributed by atoms with E-state index < -0.39 is 0 Å². The van der Waals surface area contributed by atoms with Crippen molar-refractivity contribution in [1.82, 2.24) is 0 Å². The fourth-order valence-corrected chi connectivity index (χ4v) is 3.44. The molecule has 0 bridgehead atoms. The molecule has 1 heterocycles. The maximum absolute atomic E-state index is 11.8. The third-order valence-electron chi connectivity index (χ3n) is 2.43. The number of aliphatic imine (C=N–C) groups is 1. The second kappa shape index (κ2) is 6.50. The Labute approximate surface area is 120 Å². The SMILES string of the molecule is Cc1c(Cl)cccc1NC(=O)CSC1=NCCS1. The van der Waals surface area contributed by atoms with Gasteiger partial charge in [-0.25, -0.2) is 0 Å². The highest BCUT2D eigenvalue weighted by molar-refractivity contribution is 8.39.